The molecule has 6 rings (SSSR count). The molecule has 3 N–H and O–H groups in total. The molecule has 2 aromatic heterocycles. The molecular formula is C29H32F2N6O3. The molecule has 2 aromatic carbocycles. The van der Waals surface area contributed by atoms with E-state index >= 15 is 4.39 Å². The molecule has 2 unspecified atom stereocenters. The molecule has 4 aromatic rings. The number of aromatic hydroxyl groups is 1. The number of morpholine rings is 1. The van der Waals surface area contributed by atoms with E-state index in [1.807, 2.05) is 25.7 Å². The maximum absolute atomic E-state index is 15.5. The van der Waals surface area contributed by atoms with Crippen LogP contribution in [0.5, 0.6) is 5.75 Å². The highest BCUT2D eigenvalue weighted by molar-refractivity contribution is 5.94. The monoisotopic (exact) mass is 550 g/mol. The summed E-state index contributed by atoms with van der Waals surface area (Å²) < 4.78 is 35.5. The number of nitrogens with one attached hydrogen (secondary N) is 2. The van der Waals surface area contributed by atoms with Gasteiger partial charge in [0.05, 0.1) is 47.6 Å². The minimum Gasteiger partial charge on any atom is -0.505 e. The van der Waals surface area contributed by atoms with E-state index < -0.39 is 17.4 Å². The molecule has 40 heavy (non-hydrogen) atoms. The number of fused-ring (bicyclic) bond motifs is 2. The van der Waals surface area contributed by atoms with Gasteiger partial charge in [0.1, 0.15) is 11.5 Å². The number of amides is 1. The van der Waals surface area contributed by atoms with Gasteiger partial charge < -0.3 is 19.7 Å². The van der Waals surface area contributed by atoms with Gasteiger partial charge in [-0.1, -0.05) is 6.92 Å². The molecule has 0 bridgehead atoms. The first-order valence-electron chi connectivity index (χ1n) is 13.6. The predicted octanol–water partition coefficient (Wildman–Crippen LogP) is 4.16. The van der Waals surface area contributed by atoms with Crippen LogP contribution in [-0.4, -0.2) is 79.4 Å². The summed E-state index contributed by atoms with van der Waals surface area (Å²) in [6.45, 7) is 8.68. The van der Waals surface area contributed by atoms with Gasteiger partial charge in [-0.05, 0) is 61.2 Å². The van der Waals surface area contributed by atoms with E-state index in [1.54, 1.807) is 6.07 Å². The van der Waals surface area contributed by atoms with Crippen molar-refractivity contribution >= 4 is 16.8 Å². The van der Waals surface area contributed by atoms with Crippen molar-refractivity contribution in [1.29, 1.82) is 0 Å². The topological polar surface area (TPSA) is 110 Å². The van der Waals surface area contributed by atoms with E-state index in [4.69, 9.17) is 9.72 Å². The molecule has 0 aliphatic carbocycles. The number of imidazole rings is 1. The highest BCUT2D eigenvalue weighted by Crippen LogP contribution is 2.35. The number of aromatic amines is 2. The van der Waals surface area contributed by atoms with Gasteiger partial charge in [-0.3, -0.25) is 14.8 Å². The summed E-state index contributed by atoms with van der Waals surface area (Å²) in [7, 11) is 0. The number of nitrogens with zero attached hydrogens (tertiary/aromatic N) is 4. The van der Waals surface area contributed by atoms with Gasteiger partial charge in [0.15, 0.2) is 17.4 Å². The Bertz CT molecular complexity index is 1590. The molecule has 2 aliphatic rings. The van der Waals surface area contributed by atoms with Gasteiger partial charge in [0.25, 0.3) is 0 Å². The second kappa shape index (κ2) is 10.3. The summed E-state index contributed by atoms with van der Waals surface area (Å²) in [6.07, 6.45) is 1.32. The zero-order chi connectivity index (χ0) is 28.1. The van der Waals surface area contributed by atoms with E-state index in [9.17, 15) is 14.3 Å². The van der Waals surface area contributed by atoms with Crippen LogP contribution in [0.15, 0.2) is 24.3 Å². The molecular weight excluding hydrogens is 518 g/mol. The molecule has 210 valence electrons. The van der Waals surface area contributed by atoms with Gasteiger partial charge in [-0.2, -0.15) is 5.10 Å². The van der Waals surface area contributed by atoms with Crippen molar-refractivity contribution < 1.29 is 23.4 Å². The third-order valence-corrected chi connectivity index (χ3v) is 7.74. The zero-order valence-corrected chi connectivity index (χ0v) is 22.7. The lowest BCUT2D eigenvalue weighted by atomic mass is 9.96. The van der Waals surface area contributed by atoms with Gasteiger partial charge >= 0.3 is 0 Å². The third kappa shape index (κ3) is 4.84. The summed E-state index contributed by atoms with van der Waals surface area (Å²) >= 11 is 0. The van der Waals surface area contributed by atoms with E-state index in [0.717, 1.165) is 24.5 Å². The maximum atomic E-state index is 15.5. The number of aromatic nitrogens is 4. The normalized spacial score (nSPS) is 19.8. The molecule has 9 nitrogen and oxygen atoms in total. The van der Waals surface area contributed by atoms with E-state index in [0.29, 0.717) is 66.2 Å². The number of phenolic OH excluding ortho intramolecular Hbond substituents is 1. The lowest BCUT2D eigenvalue weighted by Crippen LogP contribution is -2.50. The summed E-state index contributed by atoms with van der Waals surface area (Å²) in [6, 6.07) is 5.66. The Morgan fingerprint density at radius 3 is 2.67 bits per heavy atom. The fourth-order valence-corrected chi connectivity index (χ4v) is 5.92. The fraction of sp³-hybridized carbons (Fsp3) is 0.414. The number of aryl methyl sites for hydroxylation is 1. The molecule has 0 radical (unpaired) electrons. The SMILES string of the molecule is CCc1cc(O)c(F)cc1-c1cc(F)c2c(-c3nc4c([nH]3)CN(C(=O)CN3CC(C)OC(C)C3)CC4)n[nH]c2c1. The number of rotatable bonds is 5. The molecule has 1 fully saturated rings. The fourth-order valence-electron chi connectivity index (χ4n) is 5.92. The standard InChI is InChI=1S/C29H32F2N6O3/c1-4-17-9-25(38)20(30)10-19(17)18-7-21(31)27-23(8-18)34-35-28(27)29-32-22-5-6-37(13-24(22)33-29)26(39)14-36-11-15(2)40-16(3)12-36/h7-10,15-16,38H,4-6,11-14H2,1-3H3,(H,32,33)(H,34,35). The second-order valence-corrected chi connectivity index (χ2v) is 10.8. The first-order chi connectivity index (χ1) is 19.2. The average Bonchev–Trinajstić information content (AvgIpc) is 3.53. The summed E-state index contributed by atoms with van der Waals surface area (Å²) in [5.74, 6) is -1.23. The largest absolute Gasteiger partial charge is 0.505 e. The molecule has 0 saturated carbocycles. The van der Waals surface area contributed by atoms with Crippen LogP contribution in [0, 0.1) is 11.6 Å². The van der Waals surface area contributed by atoms with Crippen molar-refractivity contribution in [3.8, 4) is 28.4 Å². The second-order valence-electron chi connectivity index (χ2n) is 10.8. The third-order valence-electron chi connectivity index (χ3n) is 7.74. The Balaban J connectivity index is 1.24. The smallest absolute Gasteiger partial charge is 0.237 e. The van der Waals surface area contributed by atoms with Crippen LogP contribution in [0.25, 0.3) is 33.5 Å². The minimum atomic E-state index is -0.763. The van der Waals surface area contributed by atoms with Gasteiger partial charge in [-0.25, -0.2) is 13.8 Å². The van der Waals surface area contributed by atoms with Crippen molar-refractivity contribution in [3.05, 3.63) is 52.9 Å². The summed E-state index contributed by atoms with van der Waals surface area (Å²) in [5.41, 5.74) is 4.14. The van der Waals surface area contributed by atoms with Crippen molar-refractivity contribution in [3.63, 3.8) is 0 Å². The van der Waals surface area contributed by atoms with Crippen LogP contribution in [0.1, 0.15) is 37.7 Å². The molecule has 2 aliphatic heterocycles. The lowest BCUT2D eigenvalue weighted by Gasteiger charge is -2.36. The minimum absolute atomic E-state index is 0.0593. The molecule has 11 heteroatoms. The number of carbonyl (C=O) groups is 1. The number of phenols is 1. The van der Waals surface area contributed by atoms with Gasteiger partial charge in [0.2, 0.25) is 5.91 Å². The van der Waals surface area contributed by atoms with Crippen LogP contribution in [-0.2, 0) is 28.9 Å². The van der Waals surface area contributed by atoms with Crippen molar-refractivity contribution in [2.45, 2.75) is 52.4 Å². The predicted molar refractivity (Wildman–Crippen MR) is 146 cm³/mol. The lowest BCUT2D eigenvalue weighted by molar-refractivity contribution is -0.136. The Hall–Kier alpha value is -3.83. The van der Waals surface area contributed by atoms with Crippen molar-refractivity contribution in [2.75, 3.05) is 26.2 Å². The number of carbonyl (C=O) groups excluding carboxylic acids is 1. The number of halogens is 2. The molecule has 0 spiro atoms. The number of H-pyrrole nitrogens is 2. The number of benzene rings is 2. The van der Waals surface area contributed by atoms with Crippen LogP contribution in [0.2, 0.25) is 0 Å². The summed E-state index contributed by atoms with van der Waals surface area (Å²) in [4.78, 5) is 25.0. The Morgan fingerprint density at radius 1 is 1.15 bits per heavy atom. The van der Waals surface area contributed by atoms with Gasteiger partial charge in [-0.15, -0.1) is 0 Å². The molecule has 2 atom stereocenters. The molecule has 1 amide bonds. The van der Waals surface area contributed by atoms with E-state index in [1.165, 1.54) is 18.2 Å². The van der Waals surface area contributed by atoms with Crippen LogP contribution in [0.3, 0.4) is 0 Å². The first-order valence-corrected chi connectivity index (χ1v) is 13.6. The molecule has 4 heterocycles. The average molecular weight is 551 g/mol. The number of hydrogen-bond donors (Lipinski definition) is 3. The Kier molecular flexibility index (Phi) is 6.79. The van der Waals surface area contributed by atoms with Crippen LogP contribution in [0.4, 0.5) is 8.78 Å². The van der Waals surface area contributed by atoms with Crippen LogP contribution >= 0.6 is 0 Å². The quantitative estimate of drug-likeness (QED) is 0.344. The zero-order valence-electron chi connectivity index (χ0n) is 22.7. The molecule has 1 saturated heterocycles. The van der Waals surface area contributed by atoms with E-state index in [-0.39, 0.29) is 23.5 Å². The Morgan fingerprint density at radius 2 is 1.93 bits per heavy atom. The maximum Gasteiger partial charge on any atom is 0.237 e. The highest BCUT2D eigenvalue weighted by Gasteiger charge is 2.29. The van der Waals surface area contributed by atoms with Crippen molar-refractivity contribution in [1.82, 2.24) is 30.0 Å². The summed E-state index contributed by atoms with van der Waals surface area (Å²) in [5, 5.41) is 17.3. The number of ether oxygens (including phenoxy) is 1. The van der Waals surface area contributed by atoms with Crippen molar-refractivity contribution in [2.24, 2.45) is 0 Å². The van der Waals surface area contributed by atoms with Gasteiger partial charge in [0, 0.05) is 26.1 Å². The highest BCUT2D eigenvalue weighted by atomic mass is 19.1. The first kappa shape index (κ1) is 26.4. The van der Waals surface area contributed by atoms with E-state index in [2.05, 4.69) is 20.1 Å². The van der Waals surface area contributed by atoms with Crippen LogP contribution < -0.4 is 0 Å². The Labute approximate surface area is 230 Å². The number of hydrogen-bond acceptors (Lipinski definition) is 6.